The summed E-state index contributed by atoms with van der Waals surface area (Å²) >= 11 is 0. The van der Waals surface area contributed by atoms with Crippen molar-refractivity contribution in [2.75, 3.05) is 39.1 Å². The van der Waals surface area contributed by atoms with Crippen molar-refractivity contribution in [3.63, 3.8) is 0 Å². The Morgan fingerprint density at radius 2 is 2.06 bits per heavy atom. The van der Waals surface area contributed by atoms with Crippen molar-refractivity contribution in [3.8, 4) is 29.1 Å². The van der Waals surface area contributed by atoms with Crippen molar-refractivity contribution in [1.29, 1.82) is 5.26 Å². The molecule has 5 heterocycles. The minimum atomic E-state index is -0.979. The van der Waals surface area contributed by atoms with Gasteiger partial charge in [-0.05, 0) is 66.4 Å². The number of nitrogens with zero attached hydrogens (tertiary/aromatic N) is 8. The van der Waals surface area contributed by atoms with E-state index in [1.807, 2.05) is 6.07 Å². The molecule has 2 aliphatic heterocycles. The summed E-state index contributed by atoms with van der Waals surface area (Å²) in [6.07, 6.45) is 2.67. The minimum absolute atomic E-state index is 0.0297. The zero-order chi connectivity index (χ0) is 36.0. The first kappa shape index (κ1) is 34.0. The third kappa shape index (κ3) is 6.13. The lowest BCUT2D eigenvalue weighted by Gasteiger charge is -2.30. The number of alkyl halides is 1. The smallest absolute Gasteiger partial charge is 0.319 e. The Morgan fingerprint density at radius 3 is 2.82 bits per heavy atom. The molecule has 0 bridgehead atoms. The quantitative estimate of drug-likeness (QED) is 0.195. The average molecular weight is 700 g/mol. The number of rotatable bonds is 10. The normalized spacial score (nSPS) is 18.6. The number of ether oxygens (including phenoxy) is 1. The van der Waals surface area contributed by atoms with Crippen LogP contribution in [-0.4, -0.2) is 91.0 Å². The van der Waals surface area contributed by atoms with E-state index in [0.717, 1.165) is 19.4 Å². The van der Waals surface area contributed by atoms with Gasteiger partial charge >= 0.3 is 6.01 Å². The molecule has 7 rings (SSSR count). The monoisotopic (exact) mass is 699 g/mol. The third-order valence-corrected chi connectivity index (χ3v) is 9.80. The SMILES string of the molecule is CCc1c(F)ccc2cc(O)cc(-c3ncc4c(NCc5cc(C(=O)N(C)C)nn5CC#N)nc(OC[C@@]56CCCN5C[C@H](F)C6)nc4c3F)c12. The van der Waals surface area contributed by atoms with Gasteiger partial charge in [0.15, 0.2) is 11.5 Å². The number of nitrogens with one attached hydrogen (secondary N) is 1. The highest BCUT2D eigenvalue weighted by molar-refractivity contribution is 6.01. The van der Waals surface area contributed by atoms with Crippen molar-refractivity contribution in [1.82, 2.24) is 34.5 Å². The van der Waals surface area contributed by atoms with Gasteiger partial charge < -0.3 is 20.1 Å². The number of benzene rings is 2. The molecule has 2 aliphatic rings. The second-order valence-corrected chi connectivity index (χ2v) is 13.3. The highest BCUT2D eigenvalue weighted by Gasteiger charge is 2.49. The highest BCUT2D eigenvalue weighted by Crippen LogP contribution is 2.41. The molecule has 2 fully saturated rings. The van der Waals surface area contributed by atoms with Gasteiger partial charge in [-0.25, -0.2) is 13.2 Å². The molecule has 0 spiro atoms. The summed E-state index contributed by atoms with van der Waals surface area (Å²) < 4.78 is 53.9. The van der Waals surface area contributed by atoms with Gasteiger partial charge in [-0.3, -0.25) is 19.4 Å². The predicted molar refractivity (Wildman–Crippen MR) is 183 cm³/mol. The van der Waals surface area contributed by atoms with E-state index in [9.17, 15) is 23.9 Å². The molecule has 2 aromatic carbocycles. The average Bonchev–Trinajstić information content (AvgIpc) is 3.78. The molecule has 1 amide bonds. The molecule has 0 saturated carbocycles. The number of hydrogen-bond acceptors (Lipinski definition) is 10. The fraction of sp³-hybridized carbons (Fsp3) is 0.389. The molecule has 2 N–H and O–H groups in total. The Morgan fingerprint density at radius 1 is 1.24 bits per heavy atom. The number of amides is 1. The van der Waals surface area contributed by atoms with E-state index in [1.54, 1.807) is 27.1 Å². The maximum Gasteiger partial charge on any atom is 0.319 e. The van der Waals surface area contributed by atoms with Crippen LogP contribution in [0.15, 0.2) is 36.5 Å². The molecule has 12 nitrogen and oxygen atoms in total. The first-order valence-corrected chi connectivity index (χ1v) is 16.7. The molecule has 0 radical (unpaired) electrons. The van der Waals surface area contributed by atoms with Crippen LogP contribution >= 0.6 is 0 Å². The number of carbonyl (C=O) groups is 1. The van der Waals surface area contributed by atoms with Crippen LogP contribution in [0.5, 0.6) is 11.8 Å². The van der Waals surface area contributed by atoms with Crippen molar-refractivity contribution >= 4 is 33.4 Å². The maximum absolute atomic E-state index is 16.9. The molecular formula is C36H36F3N9O3. The number of halogens is 3. The lowest BCUT2D eigenvalue weighted by atomic mass is 9.94. The minimum Gasteiger partial charge on any atom is -0.508 e. The van der Waals surface area contributed by atoms with E-state index < -0.39 is 23.3 Å². The number of hydrogen-bond donors (Lipinski definition) is 2. The molecule has 5 aromatic rings. The summed E-state index contributed by atoms with van der Waals surface area (Å²) in [7, 11) is 3.19. The molecule has 51 heavy (non-hydrogen) atoms. The van der Waals surface area contributed by atoms with Crippen LogP contribution in [0.2, 0.25) is 0 Å². The number of pyridine rings is 1. The van der Waals surface area contributed by atoms with E-state index >= 15 is 4.39 Å². The number of nitriles is 1. The van der Waals surface area contributed by atoms with Gasteiger partial charge in [0.25, 0.3) is 5.91 Å². The Kier molecular flexibility index (Phi) is 8.88. The molecular weight excluding hydrogens is 663 g/mol. The lowest BCUT2D eigenvalue weighted by Crippen LogP contribution is -2.43. The largest absolute Gasteiger partial charge is 0.508 e. The number of aromatic hydroxyl groups is 1. The zero-order valence-corrected chi connectivity index (χ0v) is 28.4. The topological polar surface area (TPSA) is 145 Å². The molecule has 0 aliphatic carbocycles. The van der Waals surface area contributed by atoms with Crippen molar-refractivity contribution in [2.24, 2.45) is 0 Å². The Labute approximate surface area is 291 Å². The van der Waals surface area contributed by atoms with Crippen molar-refractivity contribution in [2.45, 2.75) is 57.4 Å². The van der Waals surface area contributed by atoms with E-state index in [-0.39, 0.29) is 71.0 Å². The second kappa shape index (κ2) is 13.3. The number of phenols is 1. The molecule has 264 valence electrons. The number of anilines is 1. The predicted octanol–water partition coefficient (Wildman–Crippen LogP) is 5.38. The van der Waals surface area contributed by atoms with Crippen LogP contribution in [-0.2, 0) is 19.5 Å². The van der Waals surface area contributed by atoms with Crippen LogP contribution in [0.3, 0.4) is 0 Å². The first-order chi connectivity index (χ1) is 24.5. The molecule has 2 atom stereocenters. The van der Waals surface area contributed by atoms with Crippen LogP contribution < -0.4 is 10.1 Å². The number of carbonyl (C=O) groups excluding carboxylic acids is 1. The second-order valence-electron chi connectivity index (χ2n) is 13.3. The summed E-state index contributed by atoms with van der Waals surface area (Å²) in [6, 6.07) is 9.10. The fourth-order valence-corrected chi connectivity index (χ4v) is 7.41. The Hall–Kier alpha value is -5.49. The number of phenolic OH excluding ortho intramolecular Hbond substituents is 1. The molecule has 15 heteroatoms. The van der Waals surface area contributed by atoms with Gasteiger partial charge in [0.1, 0.15) is 47.9 Å². The maximum atomic E-state index is 16.9. The summed E-state index contributed by atoms with van der Waals surface area (Å²) in [4.78, 5) is 29.6. The van der Waals surface area contributed by atoms with Crippen LogP contribution in [0.4, 0.5) is 19.0 Å². The van der Waals surface area contributed by atoms with E-state index in [2.05, 4.69) is 30.3 Å². The van der Waals surface area contributed by atoms with E-state index in [1.165, 1.54) is 40.0 Å². The van der Waals surface area contributed by atoms with Gasteiger partial charge in [0, 0.05) is 38.8 Å². The Balaban J connectivity index is 1.33. The van der Waals surface area contributed by atoms with E-state index in [0.29, 0.717) is 41.4 Å². The number of aryl methyl sites for hydroxylation is 1. The Bertz CT molecular complexity index is 2220. The van der Waals surface area contributed by atoms with Crippen LogP contribution in [0.1, 0.15) is 47.9 Å². The molecule has 0 unspecified atom stereocenters. The van der Waals surface area contributed by atoms with Gasteiger partial charge in [0.05, 0.1) is 29.2 Å². The van der Waals surface area contributed by atoms with Gasteiger partial charge in [0.2, 0.25) is 0 Å². The van der Waals surface area contributed by atoms with Gasteiger partial charge in [-0.15, -0.1) is 0 Å². The van der Waals surface area contributed by atoms with Gasteiger partial charge in [-0.1, -0.05) is 13.0 Å². The highest BCUT2D eigenvalue weighted by atomic mass is 19.1. The summed E-state index contributed by atoms with van der Waals surface area (Å²) in [5.74, 6) is -1.65. The van der Waals surface area contributed by atoms with Crippen LogP contribution in [0.25, 0.3) is 32.9 Å². The summed E-state index contributed by atoms with van der Waals surface area (Å²) in [5, 5.41) is 28.6. The molecule has 2 saturated heterocycles. The fourth-order valence-electron chi connectivity index (χ4n) is 7.41. The molecule has 3 aromatic heterocycles. The van der Waals surface area contributed by atoms with Crippen molar-refractivity contribution < 1.29 is 27.8 Å². The summed E-state index contributed by atoms with van der Waals surface area (Å²) in [5.41, 5.74) is 0.343. The summed E-state index contributed by atoms with van der Waals surface area (Å²) in [6.45, 7) is 2.87. The van der Waals surface area contributed by atoms with E-state index in [4.69, 9.17) is 4.74 Å². The third-order valence-electron chi connectivity index (χ3n) is 9.80. The number of aromatic nitrogens is 5. The van der Waals surface area contributed by atoms with Gasteiger partial charge in [-0.2, -0.15) is 20.3 Å². The number of fused-ring (bicyclic) bond motifs is 3. The van der Waals surface area contributed by atoms with Crippen molar-refractivity contribution in [3.05, 3.63) is 65.1 Å². The lowest BCUT2D eigenvalue weighted by molar-refractivity contribution is 0.0821. The first-order valence-electron chi connectivity index (χ1n) is 16.7. The standard InChI is InChI=1S/C36H36F3N9O3/c1-4-24-27(38)7-6-20-12-23(49)14-25(29(20)24)31-30(39)32-26(17-41-31)33(42-16-22-13-28(34(50)46(2)3)45-48(22)11-9-40)44-35(43-32)51-19-36-8-5-10-47(36)18-21(37)15-36/h6-7,12-14,17,21,49H,4-5,8,10-11,15-16,18-19H2,1-3H3,(H,42,43,44)/t21-,36+/m1/s1. The zero-order valence-electron chi connectivity index (χ0n) is 28.4. The van der Waals surface area contributed by atoms with Crippen LogP contribution in [0, 0.1) is 23.0 Å².